The molecular weight excluding hydrogens is 330 g/mol. The van der Waals surface area contributed by atoms with Crippen molar-refractivity contribution in [1.82, 2.24) is 4.90 Å². The molecule has 0 aromatic rings. The van der Waals surface area contributed by atoms with E-state index in [0.717, 1.165) is 25.8 Å². The molecule has 1 aliphatic heterocycles. The van der Waals surface area contributed by atoms with E-state index in [1.807, 2.05) is 0 Å². The smallest absolute Gasteiger partial charge is 0.0558 e. The Balaban J connectivity index is 1.78. The van der Waals surface area contributed by atoms with Crippen LogP contribution in [0.2, 0.25) is 0 Å². The molecule has 2 nitrogen and oxygen atoms in total. The van der Waals surface area contributed by atoms with E-state index >= 15 is 0 Å². The van der Waals surface area contributed by atoms with Gasteiger partial charge < -0.3 is 5.11 Å². The molecule has 1 N–H and O–H groups in total. The number of hydrogen-bond donors (Lipinski definition) is 1. The van der Waals surface area contributed by atoms with E-state index in [1.165, 1.54) is 96.3 Å². The van der Waals surface area contributed by atoms with Gasteiger partial charge in [0.25, 0.3) is 0 Å². The normalized spacial score (nSPS) is 18.9. The molecule has 2 heteroatoms. The molecule has 0 saturated heterocycles. The first-order valence-electron chi connectivity index (χ1n) is 12.3. The molecule has 0 spiro atoms. The molecule has 0 aromatic carbocycles. The monoisotopic (exact) mass is 379 g/mol. The van der Waals surface area contributed by atoms with E-state index in [9.17, 15) is 5.11 Å². The molecule has 0 aromatic heterocycles. The number of aliphatic hydroxyl groups is 1. The Morgan fingerprint density at radius 3 is 1.78 bits per heavy atom. The minimum Gasteiger partial charge on any atom is -0.393 e. The first-order valence-corrected chi connectivity index (χ1v) is 12.3. The summed E-state index contributed by atoms with van der Waals surface area (Å²) in [6.45, 7) is 3.42. The van der Waals surface area contributed by atoms with Crippen LogP contribution in [0, 0.1) is 0 Å². The fourth-order valence-electron chi connectivity index (χ4n) is 4.25. The maximum atomic E-state index is 10.3. The summed E-state index contributed by atoms with van der Waals surface area (Å²) >= 11 is 0. The van der Waals surface area contributed by atoms with Crippen molar-refractivity contribution < 1.29 is 5.11 Å². The van der Waals surface area contributed by atoms with Gasteiger partial charge in [-0.05, 0) is 26.3 Å². The van der Waals surface area contributed by atoms with E-state index in [-0.39, 0.29) is 6.10 Å². The van der Waals surface area contributed by atoms with Crippen molar-refractivity contribution in [2.24, 2.45) is 0 Å². The van der Waals surface area contributed by atoms with E-state index < -0.39 is 0 Å². The van der Waals surface area contributed by atoms with Gasteiger partial charge >= 0.3 is 0 Å². The topological polar surface area (TPSA) is 23.5 Å². The highest BCUT2D eigenvalue weighted by molar-refractivity contribution is 4.99. The predicted molar refractivity (Wildman–Crippen MR) is 120 cm³/mol. The number of likely N-dealkylation sites (N-methyl/N-ethyl adjacent to an activating group) is 1. The van der Waals surface area contributed by atoms with E-state index in [1.54, 1.807) is 0 Å². The van der Waals surface area contributed by atoms with Crippen LogP contribution >= 0.6 is 0 Å². The first-order chi connectivity index (χ1) is 13.2. The van der Waals surface area contributed by atoms with Crippen LogP contribution in [0.4, 0.5) is 0 Å². The van der Waals surface area contributed by atoms with Crippen molar-refractivity contribution >= 4 is 0 Å². The third-order valence-electron chi connectivity index (χ3n) is 6.23. The highest BCUT2D eigenvalue weighted by Crippen LogP contribution is 2.17. The molecule has 1 rings (SSSR count). The van der Waals surface area contributed by atoms with Gasteiger partial charge in [0, 0.05) is 12.6 Å². The Morgan fingerprint density at radius 1 is 0.815 bits per heavy atom. The first kappa shape index (κ1) is 24.7. The number of hydrogen-bond acceptors (Lipinski definition) is 2. The maximum Gasteiger partial charge on any atom is 0.0558 e. The molecule has 0 saturated carbocycles. The van der Waals surface area contributed by atoms with Gasteiger partial charge in [-0.2, -0.15) is 0 Å². The molecule has 0 amide bonds. The van der Waals surface area contributed by atoms with Crippen LogP contribution in [0.3, 0.4) is 0 Å². The second kappa shape index (κ2) is 17.7. The quantitative estimate of drug-likeness (QED) is 0.200. The van der Waals surface area contributed by atoms with Gasteiger partial charge in [-0.1, -0.05) is 115 Å². The van der Waals surface area contributed by atoms with Crippen LogP contribution in [0.5, 0.6) is 0 Å². The SMILES string of the molecule is CCCCCCCCCCCCCCCCC[C@H](O)C[C@@H]1C=CCCN1C. The van der Waals surface area contributed by atoms with Crippen molar-refractivity contribution in [3.8, 4) is 0 Å². The average Bonchev–Trinajstić information content (AvgIpc) is 2.66. The Morgan fingerprint density at radius 2 is 1.30 bits per heavy atom. The lowest BCUT2D eigenvalue weighted by Crippen LogP contribution is -2.35. The van der Waals surface area contributed by atoms with Gasteiger partial charge in [0.05, 0.1) is 6.10 Å². The number of rotatable bonds is 18. The van der Waals surface area contributed by atoms with Crippen LogP contribution in [0.1, 0.15) is 122 Å². The second-order valence-electron chi connectivity index (χ2n) is 8.89. The third kappa shape index (κ3) is 14.3. The van der Waals surface area contributed by atoms with Gasteiger partial charge in [-0.15, -0.1) is 0 Å². The highest BCUT2D eigenvalue weighted by Gasteiger charge is 2.17. The predicted octanol–water partition coefficient (Wildman–Crippen LogP) is 7.26. The zero-order valence-corrected chi connectivity index (χ0v) is 18.6. The summed E-state index contributed by atoms with van der Waals surface area (Å²) < 4.78 is 0. The largest absolute Gasteiger partial charge is 0.393 e. The summed E-state index contributed by atoms with van der Waals surface area (Å²) in [6.07, 6.45) is 28.5. The minimum absolute atomic E-state index is 0.123. The van der Waals surface area contributed by atoms with Crippen LogP contribution in [-0.4, -0.2) is 35.7 Å². The molecule has 27 heavy (non-hydrogen) atoms. The minimum atomic E-state index is -0.123. The standard InChI is InChI=1S/C25H49NO/c1-3-4-5-6-7-8-9-10-11-12-13-14-15-16-17-21-25(27)23-24-20-18-19-22-26(24)2/h18,20,24-25,27H,3-17,19,21-23H2,1-2H3/t24-,25-/m0/s1. The van der Waals surface area contributed by atoms with E-state index in [2.05, 4.69) is 31.0 Å². The molecule has 2 atom stereocenters. The zero-order chi connectivity index (χ0) is 19.6. The fraction of sp³-hybridized carbons (Fsp3) is 0.920. The van der Waals surface area contributed by atoms with Crippen LogP contribution in [0.15, 0.2) is 12.2 Å². The summed E-state index contributed by atoms with van der Waals surface area (Å²) in [5.41, 5.74) is 0. The average molecular weight is 380 g/mol. The molecule has 160 valence electrons. The van der Waals surface area contributed by atoms with Crippen LogP contribution in [0.25, 0.3) is 0 Å². The zero-order valence-electron chi connectivity index (χ0n) is 18.6. The molecule has 1 aliphatic rings. The van der Waals surface area contributed by atoms with Gasteiger partial charge in [0.2, 0.25) is 0 Å². The van der Waals surface area contributed by atoms with Crippen molar-refractivity contribution in [3.05, 3.63) is 12.2 Å². The maximum absolute atomic E-state index is 10.3. The van der Waals surface area contributed by atoms with Crippen LogP contribution < -0.4 is 0 Å². The van der Waals surface area contributed by atoms with E-state index in [0.29, 0.717) is 6.04 Å². The Bertz CT molecular complexity index is 341. The summed E-state index contributed by atoms with van der Waals surface area (Å²) in [4.78, 5) is 2.37. The summed E-state index contributed by atoms with van der Waals surface area (Å²) in [5.74, 6) is 0. The Kier molecular flexibility index (Phi) is 16.2. The van der Waals surface area contributed by atoms with Crippen molar-refractivity contribution in [3.63, 3.8) is 0 Å². The Labute approximate surface area is 170 Å². The molecule has 0 aliphatic carbocycles. The Hall–Kier alpha value is -0.340. The van der Waals surface area contributed by atoms with Crippen molar-refractivity contribution in [2.75, 3.05) is 13.6 Å². The molecule has 0 fully saturated rings. The molecule has 0 radical (unpaired) electrons. The van der Waals surface area contributed by atoms with E-state index in [4.69, 9.17) is 0 Å². The van der Waals surface area contributed by atoms with Gasteiger partial charge in [0.15, 0.2) is 0 Å². The highest BCUT2D eigenvalue weighted by atomic mass is 16.3. The lowest BCUT2D eigenvalue weighted by atomic mass is 9.99. The summed E-state index contributed by atoms with van der Waals surface area (Å²) in [7, 11) is 2.18. The third-order valence-corrected chi connectivity index (χ3v) is 6.23. The number of unbranched alkanes of at least 4 members (excludes halogenated alkanes) is 14. The lowest BCUT2D eigenvalue weighted by Gasteiger charge is -2.30. The van der Waals surface area contributed by atoms with Crippen LogP contribution in [-0.2, 0) is 0 Å². The second-order valence-corrected chi connectivity index (χ2v) is 8.89. The molecular formula is C25H49NO. The number of nitrogens with zero attached hydrogens (tertiary/aromatic N) is 1. The summed E-state index contributed by atoms with van der Waals surface area (Å²) in [6, 6.07) is 0.449. The fourth-order valence-corrected chi connectivity index (χ4v) is 4.25. The van der Waals surface area contributed by atoms with Gasteiger partial charge in [-0.25, -0.2) is 0 Å². The molecule has 1 heterocycles. The van der Waals surface area contributed by atoms with Crippen molar-refractivity contribution in [2.45, 2.75) is 135 Å². The summed E-state index contributed by atoms with van der Waals surface area (Å²) in [5, 5.41) is 10.3. The van der Waals surface area contributed by atoms with Gasteiger partial charge in [0.1, 0.15) is 0 Å². The lowest BCUT2D eigenvalue weighted by molar-refractivity contribution is 0.116. The molecule has 0 bridgehead atoms. The number of aliphatic hydroxyl groups excluding tert-OH is 1. The molecule has 0 unspecified atom stereocenters. The van der Waals surface area contributed by atoms with Gasteiger partial charge in [-0.3, -0.25) is 4.90 Å². The van der Waals surface area contributed by atoms with Crippen molar-refractivity contribution in [1.29, 1.82) is 0 Å².